The zero-order valence-corrected chi connectivity index (χ0v) is 15.8. The number of hydrogen-bond donors (Lipinski definition) is 2. The topological polar surface area (TPSA) is 50.4 Å². The Labute approximate surface area is 150 Å². The highest BCUT2D eigenvalue weighted by atomic mass is 127. The fourth-order valence-corrected chi connectivity index (χ4v) is 3.16. The van der Waals surface area contributed by atoms with Crippen molar-refractivity contribution in [3.8, 4) is 0 Å². The van der Waals surface area contributed by atoms with Gasteiger partial charge in [-0.3, -0.25) is 4.99 Å². The van der Waals surface area contributed by atoms with Crippen LogP contribution in [0.3, 0.4) is 0 Å². The van der Waals surface area contributed by atoms with Crippen molar-refractivity contribution in [3.05, 3.63) is 35.6 Å². The summed E-state index contributed by atoms with van der Waals surface area (Å²) in [6.45, 7) is 4.69. The summed E-state index contributed by atoms with van der Waals surface area (Å²) in [5.41, 5.74) is 6.92. The second-order valence-electron chi connectivity index (χ2n) is 6.35. The number of nitrogens with zero attached hydrogens (tertiary/aromatic N) is 1. The highest BCUT2D eigenvalue weighted by Gasteiger charge is 2.34. The first kappa shape index (κ1) is 19.2. The molecule has 0 amide bonds. The van der Waals surface area contributed by atoms with E-state index in [1.165, 1.54) is 25.3 Å². The normalized spacial score (nSPS) is 17.9. The molecule has 1 aliphatic carbocycles. The van der Waals surface area contributed by atoms with Crippen LogP contribution in [-0.2, 0) is 5.41 Å². The number of halogens is 2. The molecule has 0 aromatic heterocycles. The molecule has 3 nitrogen and oxygen atoms in total. The van der Waals surface area contributed by atoms with Gasteiger partial charge in [0.2, 0.25) is 0 Å². The predicted octanol–water partition coefficient (Wildman–Crippen LogP) is 3.96. The Morgan fingerprint density at radius 2 is 2.00 bits per heavy atom. The average molecular weight is 419 g/mol. The minimum absolute atomic E-state index is 0. The molecular formula is C17H27FIN3. The zero-order valence-electron chi connectivity index (χ0n) is 13.4. The standard InChI is InChI=1S/C17H26FN3.HI/c1-13(2)21-16(19)20-12-17(9-4-3-5-10-17)14-7-6-8-15(18)11-14;/h6-8,11,13H,3-5,9-10,12H2,1-2H3,(H3,19,20,21);1H. The molecule has 0 atom stereocenters. The summed E-state index contributed by atoms with van der Waals surface area (Å²) in [5, 5.41) is 3.12. The van der Waals surface area contributed by atoms with Crippen LogP contribution < -0.4 is 11.1 Å². The van der Waals surface area contributed by atoms with Crippen LogP contribution in [0.5, 0.6) is 0 Å². The molecule has 0 radical (unpaired) electrons. The summed E-state index contributed by atoms with van der Waals surface area (Å²) in [6, 6.07) is 7.24. The number of aliphatic imine (C=N–C) groups is 1. The average Bonchev–Trinajstić information content (AvgIpc) is 2.45. The molecule has 0 bridgehead atoms. The summed E-state index contributed by atoms with van der Waals surface area (Å²) < 4.78 is 13.6. The highest BCUT2D eigenvalue weighted by molar-refractivity contribution is 14.0. The van der Waals surface area contributed by atoms with Gasteiger partial charge in [0.05, 0.1) is 6.54 Å². The maximum absolute atomic E-state index is 13.6. The molecule has 1 aromatic rings. The molecule has 3 N–H and O–H groups in total. The van der Waals surface area contributed by atoms with Crippen molar-refractivity contribution >= 4 is 29.9 Å². The van der Waals surface area contributed by atoms with E-state index in [1.807, 2.05) is 19.9 Å². The summed E-state index contributed by atoms with van der Waals surface area (Å²) >= 11 is 0. The van der Waals surface area contributed by atoms with E-state index in [9.17, 15) is 4.39 Å². The second-order valence-corrected chi connectivity index (χ2v) is 6.35. The van der Waals surface area contributed by atoms with Crippen molar-refractivity contribution in [3.63, 3.8) is 0 Å². The van der Waals surface area contributed by atoms with Crippen molar-refractivity contribution < 1.29 is 4.39 Å². The number of nitrogens with two attached hydrogens (primary N) is 1. The second kappa shape index (κ2) is 8.70. The van der Waals surface area contributed by atoms with Crippen LogP contribution in [0.15, 0.2) is 29.3 Å². The first-order valence-corrected chi connectivity index (χ1v) is 7.84. The van der Waals surface area contributed by atoms with Crippen LogP contribution >= 0.6 is 24.0 Å². The Bertz CT molecular complexity index is 496. The maximum atomic E-state index is 13.6. The van der Waals surface area contributed by atoms with Gasteiger partial charge in [0.1, 0.15) is 5.82 Å². The van der Waals surface area contributed by atoms with E-state index in [1.54, 1.807) is 12.1 Å². The lowest BCUT2D eigenvalue weighted by molar-refractivity contribution is 0.300. The maximum Gasteiger partial charge on any atom is 0.188 e. The van der Waals surface area contributed by atoms with Crippen molar-refractivity contribution in [1.82, 2.24) is 5.32 Å². The van der Waals surface area contributed by atoms with Gasteiger partial charge in [-0.05, 0) is 44.4 Å². The van der Waals surface area contributed by atoms with E-state index in [4.69, 9.17) is 5.73 Å². The minimum Gasteiger partial charge on any atom is -0.370 e. The van der Waals surface area contributed by atoms with E-state index in [2.05, 4.69) is 10.3 Å². The molecular weight excluding hydrogens is 392 g/mol. The van der Waals surface area contributed by atoms with Gasteiger partial charge in [-0.25, -0.2) is 4.39 Å². The quantitative estimate of drug-likeness (QED) is 0.441. The lowest BCUT2D eigenvalue weighted by Crippen LogP contribution is -2.39. The molecule has 0 heterocycles. The molecule has 1 saturated carbocycles. The van der Waals surface area contributed by atoms with Gasteiger partial charge in [0.15, 0.2) is 5.96 Å². The van der Waals surface area contributed by atoms with Gasteiger partial charge < -0.3 is 11.1 Å². The van der Waals surface area contributed by atoms with Crippen LogP contribution in [-0.4, -0.2) is 18.5 Å². The van der Waals surface area contributed by atoms with E-state index in [-0.39, 0.29) is 41.3 Å². The van der Waals surface area contributed by atoms with Gasteiger partial charge >= 0.3 is 0 Å². The monoisotopic (exact) mass is 419 g/mol. The molecule has 1 aliphatic rings. The van der Waals surface area contributed by atoms with Gasteiger partial charge in [-0.15, -0.1) is 24.0 Å². The van der Waals surface area contributed by atoms with Crippen molar-refractivity contribution in [2.24, 2.45) is 10.7 Å². The summed E-state index contributed by atoms with van der Waals surface area (Å²) in [5.74, 6) is 0.307. The van der Waals surface area contributed by atoms with Gasteiger partial charge in [0, 0.05) is 11.5 Å². The molecule has 5 heteroatoms. The lowest BCUT2D eigenvalue weighted by Gasteiger charge is -2.36. The fourth-order valence-electron chi connectivity index (χ4n) is 3.16. The largest absolute Gasteiger partial charge is 0.370 e. The van der Waals surface area contributed by atoms with Crippen LogP contribution in [0.1, 0.15) is 51.5 Å². The molecule has 124 valence electrons. The SMILES string of the molecule is CC(C)NC(N)=NCC1(c2cccc(F)c2)CCCCC1.I. The Morgan fingerprint density at radius 3 is 2.59 bits per heavy atom. The van der Waals surface area contributed by atoms with E-state index in [0.29, 0.717) is 12.5 Å². The van der Waals surface area contributed by atoms with Crippen molar-refractivity contribution in [1.29, 1.82) is 0 Å². The summed E-state index contributed by atoms with van der Waals surface area (Å²) in [7, 11) is 0. The first-order chi connectivity index (χ1) is 10.0. The highest BCUT2D eigenvalue weighted by Crippen LogP contribution is 2.39. The van der Waals surface area contributed by atoms with Crippen LogP contribution in [0.25, 0.3) is 0 Å². The predicted molar refractivity (Wildman–Crippen MR) is 101 cm³/mol. The van der Waals surface area contributed by atoms with E-state index < -0.39 is 0 Å². The molecule has 0 spiro atoms. The fraction of sp³-hybridized carbons (Fsp3) is 0.588. The Hall–Kier alpha value is -0.850. The smallest absolute Gasteiger partial charge is 0.188 e. The van der Waals surface area contributed by atoms with E-state index >= 15 is 0 Å². The van der Waals surface area contributed by atoms with Gasteiger partial charge in [-0.1, -0.05) is 31.4 Å². The van der Waals surface area contributed by atoms with E-state index in [0.717, 1.165) is 18.4 Å². The van der Waals surface area contributed by atoms with Crippen LogP contribution in [0, 0.1) is 5.82 Å². The number of hydrogen-bond acceptors (Lipinski definition) is 1. The lowest BCUT2D eigenvalue weighted by atomic mass is 9.69. The third-order valence-corrected chi connectivity index (χ3v) is 4.24. The Balaban J connectivity index is 0.00000242. The number of nitrogens with one attached hydrogen (secondary N) is 1. The molecule has 0 unspecified atom stereocenters. The number of rotatable bonds is 4. The van der Waals surface area contributed by atoms with Gasteiger partial charge in [-0.2, -0.15) is 0 Å². The third-order valence-electron chi connectivity index (χ3n) is 4.24. The first-order valence-electron chi connectivity index (χ1n) is 7.84. The summed E-state index contributed by atoms with van der Waals surface area (Å²) in [4.78, 5) is 4.53. The molecule has 1 aromatic carbocycles. The van der Waals surface area contributed by atoms with Crippen LogP contribution in [0.2, 0.25) is 0 Å². The molecule has 0 aliphatic heterocycles. The number of guanidine groups is 1. The molecule has 2 rings (SSSR count). The Morgan fingerprint density at radius 1 is 1.32 bits per heavy atom. The van der Waals surface area contributed by atoms with Crippen molar-refractivity contribution in [2.45, 2.75) is 57.4 Å². The number of benzene rings is 1. The van der Waals surface area contributed by atoms with Crippen molar-refractivity contribution in [2.75, 3.05) is 6.54 Å². The Kier molecular flexibility index (Phi) is 7.59. The minimum atomic E-state index is -0.172. The molecule has 0 saturated heterocycles. The summed E-state index contributed by atoms with van der Waals surface area (Å²) in [6.07, 6.45) is 5.69. The molecule has 1 fully saturated rings. The zero-order chi connectivity index (χ0) is 15.3. The van der Waals surface area contributed by atoms with Crippen LogP contribution in [0.4, 0.5) is 4.39 Å². The third kappa shape index (κ3) is 5.11. The molecule has 22 heavy (non-hydrogen) atoms. The van der Waals surface area contributed by atoms with Gasteiger partial charge in [0.25, 0.3) is 0 Å².